The van der Waals surface area contributed by atoms with Crippen molar-refractivity contribution in [3.63, 3.8) is 0 Å². The van der Waals surface area contributed by atoms with E-state index in [-0.39, 0.29) is 11.8 Å². The first kappa shape index (κ1) is 12.0. The highest BCUT2D eigenvalue weighted by atomic mass is 16.1. The predicted molar refractivity (Wildman–Crippen MR) is 58.8 cm³/mol. The van der Waals surface area contributed by atoms with Gasteiger partial charge in [0.25, 0.3) is 0 Å². The van der Waals surface area contributed by atoms with Crippen molar-refractivity contribution >= 4 is 5.91 Å². The Morgan fingerprint density at radius 3 is 2.47 bits per heavy atom. The highest BCUT2D eigenvalue weighted by Gasteiger charge is 2.29. The maximum absolute atomic E-state index is 11.6. The second-order valence-corrected chi connectivity index (χ2v) is 4.91. The van der Waals surface area contributed by atoms with E-state index in [0.29, 0.717) is 12.5 Å². The Balaban J connectivity index is 2.30. The molecule has 0 aromatic heterocycles. The highest BCUT2D eigenvalue weighted by molar-refractivity contribution is 5.81. The first-order chi connectivity index (χ1) is 7.06. The maximum Gasteiger partial charge on any atom is 0.237 e. The lowest BCUT2D eigenvalue weighted by Gasteiger charge is -2.15. The molecule has 0 saturated heterocycles. The average molecular weight is 208 g/mol. The molecule has 3 heteroatoms. The van der Waals surface area contributed by atoms with E-state index in [9.17, 15) is 4.79 Å². The Morgan fingerprint density at radius 1 is 1.47 bits per heavy atom. The number of carbonyl (C=O) groups is 1. The summed E-state index contributed by atoms with van der Waals surface area (Å²) in [6.07, 6.45) is 2.59. The van der Waals surface area contributed by atoms with Crippen LogP contribution in [-0.2, 0) is 4.79 Å². The molecule has 2 atom stereocenters. The minimum atomic E-state index is -0.503. The minimum Gasteiger partial charge on any atom is -0.355 e. The smallest absolute Gasteiger partial charge is 0.237 e. The zero-order valence-corrected chi connectivity index (χ0v) is 9.79. The molecule has 0 aromatic carbocycles. The van der Waals surface area contributed by atoms with Gasteiger partial charge in [-0.15, -0.1) is 0 Å². The lowest BCUT2D eigenvalue weighted by molar-refractivity contribution is -0.124. The first-order valence-electron chi connectivity index (χ1n) is 5.73. The molecule has 1 aliphatic carbocycles. The SMILES string of the molecule is CC(C)C(C#N)C(=O)NCC(C)C1CC1. The van der Waals surface area contributed by atoms with Gasteiger partial charge in [0.15, 0.2) is 0 Å². The van der Waals surface area contributed by atoms with E-state index in [0.717, 1.165) is 5.92 Å². The van der Waals surface area contributed by atoms with Crippen LogP contribution in [0, 0.1) is 35.0 Å². The zero-order chi connectivity index (χ0) is 11.4. The molecule has 1 rings (SSSR count). The topological polar surface area (TPSA) is 52.9 Å². The average Bonchev–Trinajstić information content (AvgIpc) is 2.97. The molecule has 2 unspecified atom stereocenters. The number of rotatable bonds is 5. The number of hydrogen-bond donors (Lipinski definition) is 1. The van der Waals surface area contributed by atoms with Gasteiger partial charge in [-0.1, -0.05) is 20.8 Å². The van der Waals surface area contributed by atoms with Gasteiger partial charge in [0, 0.05) is 6.54 Å². The number of carbonyl (C=O) groups excluding carboxylic acids is 1. The number of nitrogens with one attached hydrogen (secondary N) is 1. The number of hydrogen-bond acceptors (Lipinski definition) is 2. The Kier molecular flexibility index (Phi) is 4.14. The van der Waals surface area contributed by atoms with Crippen molar-refractivity contribution < 1.29 is 4.79 Å². The molecule has 0 aromatic rings. The summed E-state index contributed by atoms with van der Waals surface area (Å²) in [5.41, 5.74) is 0. The fraction of sp³-hybridized carbons (Fsp3) is 0.833. The van der Waals surface area contributed by atoms with Crippen LogP contribution in [0.15, 0.2) is 0 Å². The van der Waals surface area contributed by atoms with Gasteiger partial charge in [0.1, 0.15) is 5.92 Å². The van der Waals surface area contributed by atoms with E-state index >= 15 is 0 Å². The van der Waals surface area contributed by atoms with E-state index in [1.807, 2.05) is 13.8 Å². The summed E-state index contributed by atoms with van der Waals surface area (Å²) in [5.74, 6) is 0.827. The molecule has 3 nitrogen and oxygen atoms in total. The van der Waals surface area contributed by atoms with Gasteiger partial charge < -0.3 is 5.32 Å². The summed E-state index contributed by atoms with van der Waals surface area (Å²) in [6.45, 7) is 6.68. The van der Waals surface area contributed by atoms with E-state index < -0.39 is 5.92 Å². The zero-order valence-electron chi connectivity index (χ0n) is 9.79. The molecule has 0 aliphatic heterocycles. The molecular formula is C12H20N2O. The third kappa shape index (κ3) is 3.54. The van der Waals surface area contributed by atoms with Crippen LogP contribution in [-0.4, -0.2) is 12.5 Å². The van der Waals surface area contributed by atoms with Gasteiger partial charge in [0.2, 0.25) is 5.91 Å². The molecule has 1 amide bonds. The quantitative estimate of drug-likeness (QED) is 0.750. The Bertz CT molecular complexity index is 263. The Hall–Kier alpha value is -1.04. The van der Waals surface area contributed by atoms with Crippen molar-refractivity contribution in [1.29, 1.82) is 5.26 Å². The van der Waals surface area contributed by atoms with Crippen molar-refractivity contribution in [3.8, 4) is 6.07 Å². The molecule has 84 valence electrons. The van der Waals surface area contributed by atoms with Gasteiger partial charge in [0.05, 0.1) is 6.07 Å². The van der Waals surface area contributed by atoms with E-state index in [1.165, 1.54) is 12.8 Å². The molecule has 1 N–H and O–H groups in total. The van der Waals surface area contributed by atoms with E-state index in [1.54, 1.807) is 0 Å². The van der Waals surface area contributed by atoms with E-state index in [2.05, 4.69) is 18.3 Å². The van der Waals surface area contributed by atoms with Gasteiger partial charge in [-0.05, 0) is 30.6 Å². The predicted octanol–water partition coefficient (Wildman–Crippen LogP) is 1.94. The van der Waals surface area contributed by atoms with Crippen LogP contribution in [0.3, 0.4) is 0 Å². The monoisotopic (exact) mass is 208 g/mol. The second-order valence-electron chi connectivity index (χ2n) is 4.91. The highest BCUT2D eigenvalue weighted by Crippen LogP contribution is 2.36. The molecule has 0 bridgehead atoms. The van der Waals surface area contributed by atoms with Crippen LogP contribution in [0.25, 0.3) is 0 Å². The van der Waals surface area contributed by atoms with Crippen molar-refractivity contribution in [2.24, 2.45) is 23.7 Å². The summed E-state index contributed by atoms with van der Waals surface area (Å²) in [7, 11) is 0. The molecule has 0 radical (unpaired) electrons. The molecule has 1 fully saturated rings. The fourth-order valence-electron chi connectivity index (χ4n) is 1.71. The lowest BCUT2D eigenvalue weighted by Crippen LogP contribution is -2.35. The molecule has 1 saturated carbocycles. The molecule has 1 aliphatic rings. The Labute approximate surface area is 91.9 Å². The van der Waals surface area contributed by atoms with Crippen LogP contribution in [0.1, 0.15) is 33.6 Å². The normalized spacial score (nSPS) is 19.4. The van der Waals surface area contributed by atoms with Crippen LogP contribution in [0.5, 0.6) is 0 Å². The first-order valence-corrected chi connectivity index (χ1v) is 5.73. The third-order valence-corrected chi connectivity index (χ3v) is 3.11. The Morgan fingerprint density at radius 2 is 2.07 bits per heavy atom. The molecule has 0 heterocycles. The maximum atomic E-state index is 11.6. The summed E-state index contributed by atoms with van der Waals surface area (Å²) in [5, 5.41) is 11.7. The summed E-state index contributed by atoms with van der Waals surface area (Å²) in [4.78, 5) is 11.6. The summed E-state index contributed by atoms with van der Waals surface area (Å²) < 4.78 is 0. The van der Waals surface area contributed by atoms with Gasteiger partial charge in [-0.3, -0.25) is 4.79 Å². The van der Waals surface area contributed by atoms with Crippen molar-refractivity contribution in [3.05, 3.63) is 0 Å². The van der Waals surface area contributed by atoms with Gasteiger partial charge >= 0.3 is 0 Å². The van der Waals surface area contributed by atoms with Crippen molar-refractivity contribution in [1.82, 2.24) is 5.32 Å². The summed E-state index contributed by atoms with van der Waals surface area (Å²) in [6, 6.07) is 2.06. The molecular weight excluding hydrogens is 188 g/mol. The third-order valence-electron chi connectivity index (χ3n) is 3.11. The number of nitriles is 1. The molecule has 0 spiro atoms. The second kappa shape index (κ2) is 5.16. The van der Waals surface area contributed by atoms with Crippen LogP contribution < -0.4 is 5.32 Å². The molecule has 15 heavy (non-hydrogen) atoms. The number of nitrogens with zero attached hydrogens (tertiary/aromatic N) is 1. The van der Waals surface area contributed by atoms with Crippen LogP contribution >= 0.6 is 0 Å². The van der Waals surface area contributed by atoms with Crippen LogP contribution in [0.4, 0.5) is 0 Å². The van der Waals surface area contributed by atoms with Crippen molar-refractivity contribution in [2.45, 2.75) is 33.6 Å². The number of amides is 1. The fourth-order valence-corrected chi connectivity index (χ4v) is 1.71. The van der Waals surface area contributed by atoms with Gasteiger partial charge in [-0.25, -0.2) is 0 Å². The van der Waals surface area contributed by atoms with Crippen LogP contribution in [0.2, 0.25) is 0 Å². The standard InChI is InChI=1S/C12H20N2O/c1-8(2)11(6-13)12(15)14-7-9(3)10-4-5-10/h8-11H,4-5,7H2,1-3H3,(H,14,15). The minimum absolute atomic E-state index is 0.0891. The van der Waals surface area contributed by atoms with Crippen molar-refractivity contribution in [2.75, 3.05) is 6.54 Å². The largest absolute Gasteiger partial charge is 0.355 e. The van der Waals surface area contributed by atoms with E-state index in [4.69, 9.17) is 5.26 Å². The summed E-state index contributed by atoms with van der Waals surface area (Å²) >= 11 is 0. The van der Waals surface area contributed by atoms with Gasteiger partial charge in [-0.2, -0.15) is 5.26 Å². The lowest BCUT2D eigenvalue weighted by atomic mass is 9.96.